The zero-order chi connectivity index (χ0) is 21.1. The number of thiazole rings is 1. The molecule has 5 nitrogen and oxygen atoms in total. The van der Waals surface area contributed by atoms with Crippen molar-refractivity contribution >= 4 is 62.6 Å². The average molecular weight is 453 g/mol. The van der Waals surface area contributed by atoms with Gasteiger partial charge in [0.1, 0.15) is 11.6 Å². The number of halogens is 2. The first-order chi connectivity index (χ1) is 14.5. The molecule has 8 heteroatoms. The quantitative estimate of drug-likeness (QED) is 0.284. The molecule has 0 saturated carbocycles. The van der Waals surface area contributed by atoms with Crippen LogP contribution in [0.15, 0.2) is 60.4 Å². The number of rotatable bonds is 5. The summed E-state index contributed by atoms with van der Waals surface area (Å²) in [7, 11) is 0. The minimum Gasteiger partial charge on any atom is -0.361 e. The maximum Gasteiger partial charge on any atom is 0.268 e. The zero-order valence-corrected chi connectivity index (χ0v) is 17.8. The number of benzene rings is 2. The van der Waals surface area contributed by atoms with Gasteiger partial charge in [0.05, 0.1) is 10.0 Å². The van der Waals surface area contributed by atoms with E-state index in [1.807, 2.05) is 42.5 Å². The Kier molecular flexibility index (Phi) is 5.86. The molecule has 0 aliphatic rings. The van der Waals surface area contributed by atoms with Gasteiger partial charge in [-0.05, 0) is 23.8 Å². The molecule has 1 amide bonds. The van der Waals surface area contributed by atoms with Gasteiger partial charge >= 0.3 is 0 Å². The molecule has 0 radical (unpaired) electrons. The SMILES string of the molecule is N#C/C(=C\c1c[nH]c2ccccc12)C(=O)Nc1ncc(Cc2cccc(Cl)c2Cl)s1. The highest BCUT2D eigenvalue weighted by Gasteiger charge is 2.14. The number of hydrogen-bond acceptors (Lipinski definition) is 4. The van der Waals surface area contributed by atoms with Crippen molar-refractivity contribution in [1.82, 2.24) is 9.97 Å². The fraction of sp³-hybridized carbons (Fsp3) is 0.0455. The Balaban J connectivity index is 1.51. The minimum absolute atomic E-state index is 0.00520. The second-order valence-electron chi connectivity index (χ2n) is 6.43. The van der Waals surface area contributed by atoms with Crippen molar-refractivity contribution in [1.29, 1.82) is 5.26 Å². The third kappa shape index (κ3) is 4.24. The van der Waals surface area contributed by atoms with Crippen molar-refractivity contribution < 1.29 is 4.79 Å². The van der Waals surface area contributed by atoms with E-state index < -0.39 is 5.91 Å². The first kappa shape index (κ1) is 20.2. The molecule has 0 aliphatic heterocycles. The van der Waals surface area contributed by atoms with E-state index in [2.05, 4.69) is 15.3 Å². The molecule has 4 rings (SSSR count). The third-order valence-electron chi connectivity index (χ3n) is 4.46. The number of nitrogens with zero attached hydrogens (tertiary/aromatic N) is 2. The highest BCUT2D eigenvalue weighted by molar-refractivity contribution is 7.15. The van der Waals surface area contributed by atoms with Crippen molar-refractivity contribution in [2.24, 2.45) is 0 Å². The van der Waals surface area contributed by atoms with Gasteiger partial charge in [0.2, 0.25) is 0 Å². The molecule has 0 fully saturated rings. The summed E-state index contributed by atoms with van der Waals surface area (Å²) in [5.41, 5.74) is 2.58. The van der Waals surface area contributed by atoms with Gasteiger partial charge in [0, 0.05) is 40.2 Å². The molecule has 0 bridgehead atoms. The monoisotopic (exact) mass is 452 g/mol. The third-order valence-corrected chi connectivity index (χ3v) is 6.23. The summed E-state index contributed by atoms with van der Waals surface area (Å²) in [6.07, 6.45) is 5.55. The molecule has 4 aromatic rings. The fourth-order valence-corrected chi connectivity index (χ4v) is 4.22. The number of carbonyl (C=O) groups excluding carboxylic acids is 1. The van der Waals surface area contributed by atoms with Gasteiger partial charge in [-0.25, -0.2) is 4.98 Å². The number of aromatic nitrogens is 2. The predicted octanol–water partition coefficient (Wildman–Crippen LogP) is 6.07. The van der Waals surface area contributed by atoms with Crippen molar-refractivity contribution in [2.75, 3.05) is 5.32 Å². The van der Waals surface area contributed by atoms with Crippen LogP contribution in [0.25, 0.3) is 17.0 Å². The number of nitriles is 1. The number of hydrogen-bond donors (Lipinski definition) is 2. The highest BCUT2D eigenvalue weighted by atomic mass is 35.5. The Bertz CT molecular complexity index is 1320. The van der Waals surface area contributed by atoms with Crippen molar-refractivity contribution in [2.45, 2.75) is 6.42 Å². The van der Waals surface area contributed by atoms with Crippen molar-refractivity contribution in [3.05, 3.63) is 86.5 Å². The Morgan fingerprint density at radius 2 is 2.07 bits per heavy atom. The van der Waals surface area contributed by atoms with Gasteiger partial charge in [-0.1, -0.05) is 53.5 Å². The molecular formula is C22H14Cl2N4OS. The maximum absolute atomic E-state index is 12.6. The molecule has 2 heterocycles. The average Bonchev–Trinajstić information content (AvgIpc) is 3.36. The van der Waals surface area contributed by atoms with Gasteiger partial charge < -0.3 is 4.98 Å². The van der Waals surface area contributed by atoms with Crippen LogP contribution < -0.4 is 5.32 Å². The van der Waals surface area contributed by atoms with E-state index >= 15 is 0 Å². The van der Waals surface area contributed by atoms with Gasteiger partial charge in [-0.3, -0.25) is 10.1 Å². The molecule has 2 aromatic carbocycles. The van der Waals surface area contributed by atoms with E-state index in [4.69, 9.17) is 23.2 Å². The van der Waals surface area contributed by atoms with E-state index in [9.17, 15) is 10.1 Å². The van der Waals surface area contributed by atoms with Crippen LogP contribution in [0.2, 0.25) is 10.0 Å². The molecule has 0 spiro atoms. The largest absolute Gasteiger partial charge is 0.361 e. The Labute approximate surface area is 186 Å². The molecule has 2 aromatic heterocycles. The normalized spacial score (nSPS) is 11.4. The summed E-state index contributed by atoms with van der Waals surface area (Å²) in [6, 6.07) is 15.1. The van der Waals surface area contributed by atoms with Crippen LogP contribution in [0.1, 0.15) is 16.0 Å². The summed E-state index contributed by atoms with van der Waals surface area (Å²) < 4.78 is 0. The first-order valence-corrected chi connectivity index (χ1v) is 10.5. The fourth-order valence-electron chi connectivity index (χ4n) is 3.00. The lowest BCUT2D eigenvalue weighted by Gasteiger charge is -2.03. The second-order valence-corrected chi connectivity index (χ2v) is 8.34. The minimum atomic E-state index is -0.510. The predicted molar refractivity (Wildman–Crippen MR) is 122 cm³/mol. The van der Waals surface area contributed by atoms with E-state index in [-0.39, 0.29) is 5.57 Å². The highest BCUT2D eigenvalue weighted by Crippen LogP contribution is 2.29. The summed E-state index contributed by atoms with van der Waals surface area (Å²) in [4.78, 5) is 20.9. The Hall–Kier alpha value is -3.11. The molecule has 0 aliphatic carbocycles. The van der Waals surface area contributed by atoms with Crippen LogP contribution in [0.5, 0.6) is 0 Å². The Morgan fingerprint density at radius 1 is 1.23 bits per heavy atom. The second kappa shape index (κ2) is 8.72. The lowest BCUT2D eigenvalue weighted by Crippen LogP contribution is -2.13. The summed E-state index contributed by atoms with van der Waals surface area (Å²) in [5, 5.41) is 14.5. The summed E-state index contributed by atoms with van der Waals surface area (Å²) >= 11 is 13.6. The number of amides is 1. The molecule has 0 atom stereocenters. The zero-order valence-electron chi connectivity index (χ0n) is 15.4. The molecule has 148 valence electrons. The van der Waals surface area contributed by atoms with Gasteiger partial charge in [0.15, 0.2) is 5.13 Å². The van der Waals surface area contributed by atoms with Crippen molar-refractivity contribution in [3.63, 3.8) is 0 Å². The molecular weight excluding hydrogens is 439 g/mol. The van der Waals surface area contributed by atoms with Crippen LogP contribution in [-0.4, -0.2) is 15.9 Å². The molecule has 2 N–H and O–H groups in total. The van der Waals surface area contributed by atoms with Crippen LogP contribution in [0.3, 0.4) is 0 Å². The van der Waals surface area contributed by atoms with Crippen LogP contribution in [0, 0.1) is 11.3 Å². The molecule has 30 heavy (non-hydrogen) atoms. The number of aromatic amines is 1. The number of para-hydroxylation sites is 1. The first-order valence-electron chi connectivity index (χ1n) is 8.92. The molecule has 0 saturated heterocycles. The van der Waals surface area contributed by atoms with E-state index in [0.717, 1.165) is 26.9 Å². The van der Waals surface area contributed by atoms with E-state index in [1.165, 1.54) is 11.3 Å². The molecule has 0 unspecified atom stereocenters. The van der Waals surface area contributed by atoms with Crippen molar-refractivity contribution in [3.8, 4) is 6.07 Å². The lowest BCUT2D eigenvalue weighted by atomic mass is 10.1. The summed E-state index contributed by atoms with van der Waals surface area (Å²) in [5.74, 6) is -0.510. The Morgan fingerprint density at radius 3 is 2.90 bits per heavy atom. The standard InChI is InChI=1S/C22H14Cl2N4OS/c23-18-6-3-4-13(20(18)24)9-16-12-27-22(30-16)28-21(29)14(10-25)8-15-11-26-19-7-2-1-5-17(15)19/h1-8,11-12,26H,9H2,(H,27,28,29)/b14-8+. The smallest absolute Gasteiger partial charge is 0.268 e. The van der Waals surface area contributed by atoms with Crippen LogP contribution in [-0.2, 0) is 11.2 Å². The number of anilines is 1. The van der Waals surface area contributed by atoms with Gasteiger partial charge in [0.25, 0.3) is 5.91 Å². The van der Waals surface area contributed by atoms with E-state index in [0.29, 0.717) is 21.6 Å². The number of carbonyl (C=O) groups is 1. The van der Waals surface area contributed by atoms with E-state index in [1.54, 1.807) is 24.5 Å². The van der Waals surface area contributed by atoms with Gasteiger partial charge in [-0.15, -0.1) is 11.3 Å². The topological polar surface area (TPSA) is 81.6 Å². The number of H-pyrrole nitrogens is 1. The number of fused-ring (bicyclic) bond motifs is 1. The number of nitrogens with one attached hydrogen (secondary N) is 2. The van der Waals surface area contributed by atoms with Crippen LogP contribution >= 0.6 is 34.5 Å². The maximum atomic E-state index is 12.6. The van der Waals surface area contributed by atoms with Gasteiger partial charge in [-0.2, -0.15) is 5.26 Å². The lowest BCUT2D eigenvalue weighted by molar-refractivity contribution is -0.112. The van der Waals surface area contributed by atoms with Crippen LogP contribution in [0.4, 0.5) is 5.13 Å². The summed E-state index contributed by atoms with van der Waals surface area (Å²) in [6.45, 7) is 0.